The minimum Gasteiger partial charge on any atom is -0.314 e. The van der Waals surface area contributed by atoms with Crippen molar-refractivity contribution < 1.29 is 4.79 Å². The van der Waals surface area contributed by atoms with E-state index >= 15 is 0 Å². The number of carbonyl (C=O) groups excluding carboxylic acids is 1. The summed E-state index contributed by atoms with van der Waals surface area (Å²) in [7, 11) is 0. The lowest BCUT2D eigenvalue weighted by molar-refractivity contribution is -0.118. The van der Waals surface area contributed by atoms with Crippen molar-refractivity contribution >= 4 is 36.4 Å². The molecule has 2 aliphatic rings. The Morgan fingerprint density at radius 3 is 2.57 bits per heavy atom. The van der Waals surface area contributed by atoms with Crippen molar-refractivity contribution in [3.8, 4) is 0 Å². The Kier molecular flexibility index (Phi) is 7.46. The van der Waals surface area contributed by atoms with E-state index in [1.807, 2.05) is 17.0 Å². The lowest BCUT2D eigenvalue weighted by Gasteiger charge is -2.27. The van der Waals surface area contributed by atoms with Crippen molar-refractivity contribution in [1.29, 1.82) is 0 Å². The molecule has 2 aliphatic heterocycles. The number of rotatable bonds is 3. The van der Waals surface area contributed by atoms with E-state index in [1.54, 1.807) is 0 Å². The molecule has 2 heterocycles. The summed E-state index contributed by atoms with van der Waals surface area (Å²) in [6.45, 7) is 5.94. The van der Waals surface area contributed by atoms with Gasteiger partial charge in [-0.3, -0.25) is 4.79 Å². The van der Waals surface area contributed by atoms with Gasteiger partial charge >= 0.3 is 0 Å². The molecule has 118 valence electrons. The molecule has 0 saturated carbocycles. The van der Waals surface area contributed by atoms with E-state index in [0.717, 1.165) is 51.4 Å². The predicted octanol–water partition coefficient (Wildman–Crippen LogP) is 1.71. The van der Waals surface area contributed by atoms with Crippen LogP contribution in [0.15, 0.2) is 24.3 Å². The van der Waals surface area contributed by atoms with Crippen molar-refractivity contribution in [2.75, 3.05) is 44.2 Å². The molecule has 1 N–H and O–H groups in total. The van der Waals surface area contributed by atoms with Crippen LogP contribution in [0.4, 0.5) is 5.69 Å². The Balaban J connectivity index is 0.00000110. The molecular formula is C15H23Cl2N3O. The Morgan fingerprint density at radius 2 is 1.81 bits per heavy atom. The molecule has 1 fully saturated rings. The minimum absolute atomic E-state index is 0. The number of benzene rings is 1. The number of hydrogen-bond acceptors (Lipinski definition) is 3. The summed E-state index contributed by atoms with van der Waals surface area (Å²) in [5.41, 5.74) is 2.42. The first-order chi connectivity index (χ1) is 9.34. The van der Waals surface area contributed by atoms with E-state index in [9.17, 15) is 4.79 Å². The van der Waals surface area contributed by atoms with Crippen LogP contribution in [0.3, 0.4) is 0 Å². The zero-order chi connectivity index (χ0) is 13.1. The van der Waals surface area contributed by atoms with E-state index in [2.05, 4.69) is 22.3 Å². The quantitative estimate of drug-likeness (QED) is 0.915. The second kappa shape index (κ2) is 8.59. The number of hydrogen-bond donors (Lipinski definition) is 1. The van der Waals surface area contributed by atoms with Crippen molar-refractivity contribution in [2.45, 2.75) is 12.8 Å². The number of para-hydroxylation sites is 1. The fraction of sp³-hybridized carbons (Fsp3) is 0.533. The molecular weight excluding hydrogens is 309 g/mol. The van der Waals surface area contributed by atoms with Crippen LogP contribution in [0, 0.1) is 0 Å². The van der Waals surface area contributed by atoms with E-state index < -0.39 is 0 Å². The summed E-state index contributed by atoms with van der Waals surface area (Å²) >= 11 is 0. The number of fused-ring (bicyclic) bond motifs is 1. The number of nitrogens with one attached hydrogen (secondary N) is 1. The molecule has 0 bridgehead atoms. The lowest BCUT2D eigenvalue weighted by Crippen LogP contribution is -2.44. The van der Waals surface area contributed by atoms with Gasteiger partial charge in [0.1, 0.15) is 0 Å². The van der Waals surface area contributed by atoms with Gasteiger partial charge in [-0.1, -0.05) is 18.2 Å². The maximum atomic E-state index is 12.3. The Bertz CT molecular complexity index is 464. The average Bonchev–Trinajstić information content (AvgIpc) is 2.90. The normalized spacial score (nSPS) is 17.6. The molecule has 1 aromatic carbocycles. The number of carbonyl (C=O) groups is 1. The highest BCUT2D eigenvalue weighted by molar-refractivity contribution is 5.95. The van der Waals surface area contributed by atoms with Crippen LogP contribution in [-0.4, -0.2) is 50.1 Å². The van der Waals surface area contributed by atoms with E-state index in [1.165, 1.54) is 5.56 Å². The molecule has 1 amide bonds. The van der Waals surface area contributed by atoms with Crippen molar-refractivity contribution in [2.24, 2.45) is 0 Å². The summed E-state index contributed by atoms with van der Waals surface area (Å²) < 4.78 is 0. The second-order valence-corrected chi connectivity index (χ2v) is 5.27. The summed E-state index contributed by atoms with van der Waals surface area (Å²) in [5.74, 6) is 0.267. The van der Waals surface area contributed by atoms with Crippen LogP contribution in [0.1, 0.15) is 12.0 Å². The third kappa shape index (κ3) is 4.33. The maximum Gasteiger partial charge on any atom is 0.228 e. The zero-order valence-corrected chi connectivity index (χ0v) is 13.7. The van der Waals surface area contributed by atoms with Crippen LogP contribution in [0.2, 0.25) is 0 Å². The standard InChI is InChI=1S/C15H21N3O.2ClH/c19-15(6-9-17-11-7-16-8-12-17)18-10-5-13-3-1-2-4-14(13)18;;/h1-4,16H,5-12H2;2*1H. The summed E-state index contributed by atoms with van der Waals surface area (Å²) in [4.78, 5) is 16.7. The number of amides is 1. The topological polar surface area (TPSA) is 35.6 Å². The van der Waals surface area contributed by atoms with Gasteiger partial charge in [0, 0.05) is 51.4 Å². The van der Waals surface area contributed by atoms with Crippen LogP contribution in [-0.2, 0) is 11.2 Å². The highest BCUT2D eigenvalue weighted by atomic mass is 35.5. The van der Waals surface area contributed by atoms with Gasteiger partial charge in [0.15, 0.2) is 0 Å². The minimum atomic E-state index is 0. The first kappa shape index (κ1) is 18.2. The van der Waals surface area contributed by atoms with Crippen molar-refractivity contribution in [3.63, 3.8) is 0 Å². The Morgan fingerprint density at radius 1 is 1.10 bits per heavy atom. The van der Waals surface area contributed by atoms with Gasteiger partial charge in [-0.2, -0.15) is 0 Å². The van der Waals surface area contributed by atoms with Crippen LogP contribution < -0.4 is 10.2 Å². The largest absolute Gasteiger partial charge is 0.314 e. The van der Waals surface area contributed by atoms with Crippen LogP contribution in [0.25, 0.3) is 0 Å². The third-order valence-corrected chi connectivity index (χ3v) is 4.04. The van der Waals surface area contributed by atoms with E-state index in [0.29, 0.717) is 6.42 Å². The fourth-order valence-corrected chi connectivity index (χ4v) is 2.92. The molecule has 0 radical (unpaired) electrons. The van der Waals surface area contributed by atoms with Crippen molar-refractivity contribution in [1.82, 2.24) is 10.2 Å². The first-order valence-electron chi connectivity index (χ1n) is 7.16. The highest BCUT2D eigenvalue weighted by Crippen LogP contribution is 2.27. The highest BCUT2D eigenvalue weighted by Gasteiger charge is 2.24. The SMILES string of the molecule is Cl.Cl.O=C(CCN1CCNCC1)N1CCc2ccccc21. The van der Waals surface area contributed by atoms with Gasteiger partial charge < -0.3 is 15.1 Å². The van der Waals surface area contributed by atoms with Gasteiger partial charge in [-0.25, -0.2) is 0 Å². The van der Waals surface area contributed by atoms with Gasteiger partial charge in [-0.15, -0.1) is 24.8 Å². The van der Waals surface area contributed by atoms with Crippen LogP contribution in [0.5, 0.6) is 0 Å². The first-order valence-corrected chi connectivity index (χ1v) is 7.16. The zero-order valence-electron chi connectivity index (χ0n) is 12.1. The molecule has 0 spiro atoms. The molecule has 6 heteroatoms. The lowest BCUT2D eigenvalue weighted by atomic mass is 10.2. The van der Waals surface area contributed by atoms with Gasteiger partial charge in [-0.05, 0) is 18.1 Å². The molecule has 1 aromatic rings. The van der Waals surface area contributed by atoms with Crippen molar-refractivity contribution in [3.05, 3.63) is 29.8 Å². The van der Waals surface area contributed by atoms with E-state index in [4.69, 9.17) is 0 Å². The smallest absolute Gasteiger partial charge is 0.228 e. The summed E-state index contributed by atoms with van der Waals surface area (Å²) in [5, 5.41) is 3.33. The van der Waals surface area contributed by atoms with Gasteiger partial charge in [0.2, 0.25) is 5.91 Å². The monoisotopic (exact) mass is 331 g/mol. The molecule has 0 aliphatic carbocycles. The average molecular weight is 332 g/mol. The maximum absolute atomic E-state index is 12.3. The molecule has 0 aromatic heterocycles. The number of halogens is 2. The fourth-order valence-electron chi connectivity index (χ4n) is 2.92. The Labute approximate surface area is 138 Å². The number of nitrogens with zero attached hydrogens (tertiary/aromatic N) is 2. The number of piperazine rings is 1. The Hall–Kier alpha value is -0.810. The summed E-state index contributed by atoms with van der Waals surface area (Å²) in [6.07, 6.45) is 1.63. The molecule has 0 unspecified atom stereocenters. The molecule has 21 heavy (non-hydrogen) atoms. The summed E-state index contributed by atoms with van der Waals surface area (Å²) in [6, 6.07) is 8.25. The van der Waals surface area contributed by atoms with Crippen LogP contribution >= 0.6 is 24.8 Å². The molecule has 4 nitrogen and oxygen atoms in total. The molecule has 3 rings (SSSR count). The molecule has 0 atom stereocenters. The van der Waals surface area contributed by atoms with E-state index in [-0.39, 0.29) is 30.7 Å². The van der Waals surface area contributed by atoms with Gasteiger partial charge in [0.05, 0.1) is 0 Å². The predicted molar refractivity (Wildman–Crippen MR) is 90.9 cm³/mol. The molecule has 1 saturated heterocycles. The second-order valence-electron chi connectivity index (χ2n) is 5.27. The number of anilines is 1. The third-order valence-electron chi connectivity index (χ3n) is 4.04. The van der Waals surface area contributed by atoms with Gasteiger partial charge in [0.25, 0.3) is 0 Å².